The summed E-state index contributed by atoms with van der Waals surface area (Å²) in [6.45, 7) is 1.89. The van der Waals surface area contributed by atoms with Gasteiger partial charge in [0.1, 0.15) is 0 Å². The van der Waals surface area contributed by atoms with Crippen molar-refractivity contribution in [1.82, 2.24) is 10.2 Å². The van der Waals surface area contributed by atoms with Crippen LogP contribution in [0, 0.1) is 0 Å². The Bertz CT molecular complexity index is 534. The van der Waals surface area contributed by atoms with Crippen LogP contribution >= 0.6 is 0 Å². The van der Waals surface area contributed by atoms with Gasteiger partial charge < -0.3 is 11.1 Å². The van der Waals surface area contributed by atoms with E-state index in [-0.39, 0.29) is 11.9 Å². The summed E-state index contributed by atoms with van der Waals surface area (Å²) in [5, 5.41) is 9.68. The maximum atomic E-state index is 11.7. The Hall–Kier alpha value is -2.14. The highest BCUT2D eigenvalue weighted by atomic mass is 16.1. The quantitative estimate of drug-likeness (QED) is 0.768. The molecule has 4 N–H and O–H groups in total. The van der Waals surface area contributed by atoms with E-state index < -0.39 is 0 Å². The molecule has 0 aliphatic heterocycles. The van der Waals surface area contributed by atoms with Crippen molar-refractivity contribution in [1.29, 1.82) is 0 Å². The van der Waals surface area contributed by atoms with Crippen LogP contribution < -0.4 is 11.1 Å². The van der Waals surface area contributed by atoms with Gasteiger partial charge in [-0.3, -0.25) is 9.89 Å². The predicted molar refractivity (Wildman–Crippen MR) is 75.5 cm³/mol. The van der Waals surface area contributed by atoms with E-state index in [2.05, 4.69) is 15.5 Å². The van der Waals surface area contributed by atoms with E-state index in [9.17, 15) is 4.79 Å². The van der Waals surface area contributed by atoms with Crippen molar-refractivity contribution in [2.75, 3.05) is 5.32 Å². The van der Waals surface area contributed by atoms with Gasteiger partial charge in [0, 0.05) is 29.9 Å². The molecule has 0 bridgehead atoms. The van der Waals surface area contributed by atoms with Crippen LogP contribution in [-0.2, 0) is 4.79 Å². The standard InChI is InChI=1S/C14H18N4O/c1-10(15)5-6-14(19)17-12-4-2-3-11(9-12)13-7-8-16-18-13/h2-4,7-10H,5-6,15H2,1H3,(H,16,18)(H,17,19). The lowest BCUT2D eigenvalue weighted by Gasteiger charge is -2.08. The van der Waals surface area contributed by atoms with Crippen LogP contribution in [0.1, 0.15) is 19.8 Å². The molecule has 1 unspecified atom stereocenters. The Labute approximate surface area is 112 Å². The number of nitrogens with zero attached hydrogens (tertiary/aromatic N) is 1. The lowest BCUT2D eigenvalue weighted by atomic mass is 10.1. The van der Waals surface area contributed by atoms with Crippen LogP contribution in [0.4, 0.5) is 5.69 Å². The number of aromatic nitrogens is 2. The number of nitrogens with two attached hydrogens (primary N) is 1. The predicted octanol–water partition coefficient (Wildman–Crippen LogP) is 2.14. The number of hydrogen-bond donors (Lipinski definition) is 3. The fourth-order valence-electron chi connectivity index (χ4n) is 1.76. The molecule has 1 heterocycles. The number of anilines is 1. The smallest absolute Gasteiger partial charge is 0.224 e. The number of aromatic amines is 1. The van der Waals surface area contributed by atoms with Crippen molar-refractivity contribution in [2.45, 2.75) is 25.8 Å². The fourth-order valence-corrected chi connectivity index (χ4v) is 1.76. The van der Waals surface area contributed by atoms with Crippen LogP contribution in [0.5, 0.6) is 0 Å². The van der Waals surface area contributed by atoms with Gasteiger partial charge in [0.15, 0.2) is 0 Å². The molecular weight excluding hydrogens is 240 g/mol. The molecule has 2 aromatic rings. The number of carbonyl (C=O) groups is 1. The largest absolute Gasteiger partial charge is 0.328 e. The lowest BCUT2D eigenvalue weighted by molar-refractivity contribution is -0.116. The molecule has 100 valence electrons. The Morgan fingerprint density at radius 3 is 3.00 bits per heavy atom. The molecule has 0 radical (unpaired) electrons. The van der Waals surface area contributed by atoms with Crippen LogP contribution in [0.2, 0.25) is 0 Å². The van der Waals surface area contributed by atoms with Gasteiger partial charge in [-0.1, -0.05) is 12.1 Å². The number of H-pyrrole nitrogens is 1. The van der Waals surface area contributed by atoms with Gasteiger partial charge in [0.2, 0.25) is 5.91 Å². The first-order valence-corrected chi connectivity index (χ1v) is 6.30. The highest BCUT2D eigenvalue weighted by Gasteiger charge is 2.05. The SMILES string of the molecule is CC(N)CCC(=O)Nc1cccc(-c2ccn[nH]2)c1. The summed E-state index contributed by atoms with van der Waals surface area (Å²) in [5.74, 6) is -0.0148. The molecule has 0 saturated heterocycles. The number of nitrogens with one attached hydrogen (secondary N) is 2. The number of carbonyl (C=O) groups excluding carboxylic acids is 1. The highest BCUT2D eigenvalue weighted by molar-refractivity contribution is 5.91. The van der Waals surface area contributed by atoms with Crippen LogP contribution in [0.3, 0.4) is 0 Å². The molecule has 2 rings (SSSR count). The maximum Gasteiger partial charge on any atom is 0.224 e. The van der Waals surface area contributed by atoms with Gasteiger partial charge in [-0.25, -0.2) is 0 Å². The second kappa shape index (κ2) is 6.15. The molecule has 0 saturated carbocycles. The molecule has 5 heteroatoms. The third-order valence-electron chi connectivity index (χ3n) is 2.78. The molecule has 1 aromatic heterocycles. The van der Waals surface area contributed by atoms with Crippen molar-refractivity contribution in [3.63, 3.8) is 0 Å². The third kappa shape index (κ3) is 3.93. The Morgan fingerprint density at radius 1 is 1.47 bits per heavy atom. The van der Waals surface area contributed by atoms with E-state index in [1.807, 2.05) is 37.3 Å². The molecule has 5 nitrogen and oxygen atoms in total. The summed E-state index contributed by atoms with van der Waals surface area (Å²) >= 11 is 0. The topological polar surface area (TPSA) is 83.8 Å². The third-order valence-corrected chi connectivity index (χ3v) is 2.78. The lowest BCUT2D eigenvalue weighted by Crippen LogP contribution is -2.19. The van der Waals surface area contributed by atoms with Gasteiger partial charge in [0.25, 0.3) is 0 Å². The van der Waals surface area contributed by atoms with Crippen LogP contribution in [0.15, 0.2) is 36.5 Å². The average molecular weight is 258 g/mol. The monoisotopic (exact) mass is 258 g/mol. The molecule has 1 atom stereocenters. The minimum absolute atomic E-state index is 0.0148. The number of hydrogen-bond acceptors (Lipinski definition) is 3. The minimum Gasteiger partial charge on any atom is -0.328 e. The first kappa shape index (κ1) is 13.3. The van der Waals surface area contributed by atoms with Crippen molar-refractivity contribution >= 4 is 11.6 Å². The average Bonchev–Trinajstić information content (AvgIpc) is 2.90. The van der Waals surface area contributed by atoms with Gasteiger partial charge in [-0.2, -0.15) is 5.10 Å². The Kier molecular flexibility index (Phi) is 4.30. The van der Waals surface area contributed by atoms with Crippen LogP contribution in [0.25, 0.3) is 11.3 Å². The van der Waals surface area contributed by atoms with Crippen molar-refractivity contribution in [2.24, 2.45) is 5.73 Å². The Balaban J connectivity index is 2.01. The number of benzene rings is 1. The van der Waals surface area contributed by atoms with E-state index in [1.165, 1.54) is 0 Å². The zero-order valence-corrected chi connectivity index (χ0v) is 10.9. The van der Waals surface area contributed by atoms with E-state index >= 15 is 0 Å². The molecule has 1 aromatic carbocycles. The molecule has 19 heavy (non-hydrogen) atoms. The number of rotatable bonds is 5. The Morgan fingerprint density at radius 2 is 2.32 bits per heavy atom. The van der Waals surface area contributed by atoms with Gasteiger partial charge >= 0.3 is 0 Å². The van der Waals surface area contributed by atoms with E-state index in [1.54, 1.807) is 6.20 Å². The van der Waals surface area contributed by atoms with E-state index in [0.29, 0.717) is 12.8 Å². The van der Waals surface area contributed by atoms with Gasteiger partial charge in [0.05, 0.1) is 5.69 Å². The summed E-state index contributed by atoms with van der Waals surface area (Å²) in [4.78, 5) is 11.7. The second-order valence-corrected chi connectivity index (χ2v) is 4.62. The van der Waals surface area contributed by atoms with Crippen LogP contribution in [-0.4, -0.2) is 22.1 Å². The summed E-state index contributed by atoms with van der Waals surface area (Å²) in [7, 11) is 0. The minimum atomic E-state index is -0.0148. The summed E-state index contributed by atoms with van der Waals surface area (Å²) in [6, 6.07) is 9.57. The van der Waals surface area contributed by atoms with E-state index in [4.69, 9.17) is 5.73 Å². The zero-order valence-electron chi connectivity index (χ0n) is 10.9. The second-order valence-electron chi connectivity index (χ2n) is 4.62. The first-order valence-electron chi connectivity index (χ1n) is 6.30. The molecule has 0 aliphatic rings. The van der Waals surface area contributed by atoms with Gasteiger partial charge in [-0.05, 0) is 31.5 Å². The van der Waals surface area contributed by atoms with E-state index in [0.717, 1.165) is 16.9 Å². The molecule has 1 amide bonds. The highest BCUT2D eigenvalue weighted by Crippen LogP contribution is 2.20. The summed E-state index contributed by atoms with van der Waals surface area (Å²) in [5.41, 5.74) is 8.32. The maximum absolute atomic E-state index is 11.7. The molecule has 0 fully saturated rings. The normalized spacial score (nSPS) is 12.1. The van der Waals surface area contributed by atoms with Gasteiger partial charge in [-0.15, -0.1) is 0 Å². The zero-order chi connectivity index (χ0) is 13.7. The summed E-state index contributed by atoms with van der Waals surface area (Å²) < 4.78 is 0. The van der Waals surface area contributed by atoms with Crippen molar-refractivity contribution in [3.05, 3.63) is 36.5 Å². The molecule has 0 spiro atoms. The first-order chi connectivity index (χ1) is 9.15. The number of amides is 1. The van der Waals surface area contributed by atoms with Crippen molar-refractivity contribution < 1.29 is 4.79 Å². The summed E-state index contributed by atoms with van der Waals surface area (Å²) in [6.07, 6.45) is 2.82. The van der Waals surface area contributed by atoms with Crippen molar-refractivity contribution in [3.8, 4) is 11.3 Å². The molecular formula is C14H18N4O. The molecule has 0 aliphatic carbocycles. The fraction of sp³-hybridized carbons (Fsp3) is 0.286.